The van der Waals surface area contributed by atoms with Crippen molar-refractivity contribution >= 4 is 0 Å². The van der Waals surface area contributed by atoms with Crippen LogP contribution in [-0.4, -0.2) is 17.8 Å². The number of hydrogen-bond acceptors (Lipinski definition) is 2. The highest BCUT2D eigenvalue weighted by molar-refractivity contribution is 4.93. The molecule has 1 saturated carbocycles. The van der Waals surface area contributed by atoms with Gasteiger partial charge in [-0.2, -0.15) is 0 Å². The first kappa shape index (κ1) is 10.0. The largest absolute Gasteiger partial charge is 0.396 e. The van der Waals surface area contributed by atoms with Gasteiger partial charge in [-0.05, 0) is 37.5 Å². The van der Waals surface area contributed by atoms with E-state index in [1.807, 2.05) is 0 Å². The molecule has 3 atom stereocenters. The molecule has 0 aromatic rings. The Balaban J connectivity index is 2.61. The third-order valence-corrected chi connectivity index (χ3v) is 3.47. The van der Waals surface area contributed by atoms with Crippen LogP contribution in [0, 0.1) is 11.3 Å². The lowest BCUT2D eigenvalue weighted by Crippen LogP contribution is -2.38. The Morgan fingerprint density at radius 2 is 2.33 bits per heavy atom. The summed E-state index contributed by atoms with van der Waals surface area (Å²) in [4.78, 5) is 0. The van der Waals surface area contributed by atoms with Crippen LogP contribution in [0.4, 0.5) is 0 Å². The highest BCUT2D eigenvalue weighted by atomic mass is 16.3. The van der Waals surface area contributed by atoms with Crippen LogP contribution in [0.2, 0.25) is 0 Å². The summed E-state index contributed by atoms with van der Waals surface area (Å²) in [5, 5.41) is 8.97. The minimum atomic E-state index is 0.231. The molecule has 3 N–H and O–H groups in total. The molecule has 0 heterocycles. The van der Waals surface area contributed by atoms with Gasteiger partial charge in [0.25, 0.3) is 0 Å². The molecule has 1 rings (SSSR count). The predicted octanol–water partition coefficient (Wildman–Crippen LogP) is 1.52. The molecule has 0 bridgehead atoms. The Morgan fingerprint density at radius 1 is 1.67 bits per heavy atom. The second-order valence-corrected chi connectivity index (χ2v) is 4.47. The van der Waals surface area contributed by atoms with Crippen LogP contribution in [0.25, 0.3) is 0 Å². The molecule has 2 nitrogen and oxygen atoms in total. The molecule has 1 aliphatic carbocycles. The summed E-state index contributed by atoms with van der Waals surface area (Å²) in [6, 6.07) is 0.231. The van der Waals surface area contributed by atoms with E-state index in [4.69, 9.17) is 10.8 Å². The molecule has 0 aliphatic heterocycles. The third-order valence-electron chi connectivity index (χ3n) is 3.47. The van der Waals surface area contributed by atoms with Crippen molar-refractivity contribution in [3.05, 3.63) is 0 Å². The lowest BCUT2D eigenvalue weighted by molar-refractivity contribution is 0.155. The van der Waals surface area contributed by atoms with Crippen LogP contribution < -0.4 is 5.73 Å². The maximum absolute atomic E-state index is 8.97. The number of rotatable bonds is 3. The van der Waals surface area contributed by atoms with Crippen LogP contribution in [0.5, 0.6) is 0 Å². The smallest absolute Gasteiger partial charge is 0.0436 e. The van der Waals surface area contributed by atoms with Crippen molar-refractivity contribution in [2.24, 2.45) is 17.1 Å². The van der Waals surface area contributed by atoms with Gasteiger partial charge in [0.1, 0.15) is 0 Å². The Kier molecular flexibility index (Phi) is 3.13. The van der Waals surface area contributed by atoms with Crippen molar-refractivity contribution in [2.45, 2.75) is 45.6 Å². The summed E-state index contributed by atoms with van der Waals surface area (Å²) in [7, 11) is 0. The van der Waals surface area contributed by atoms with E-state index < -0.39 is 0 Å². The van der Waals surface area contributed by atoms with Gasteiger partial charge in [-0.3, -0.25) is 0 Å². The van der Waals surface area contributed by atoms with Gasteiger partial charge in [-0.1, -0.05) is 13.3 Å². The Bertz CT molecular complexity index is 143. The quantitative estimate of drug-likeness (QED) is 0.676. The van der Waals surface area contributed by atoms with Crippen molar-refractivity contribution in [2.75, 3.05) is 6.61 Å². The highest BCUT2D eigenvalue weighted by Gasteiger charge is 2.39. The van der Waals surface area contributed by atoms with Gasteiger partial charge in [0, 0.05) is 12.6 Å². The number of nitrogens with two attached hydrogens (primary N) is 1. The first-order valence-electron chi connectivity index (χ1n) is 4.97. The average molecular weight is 171 g/mol. The standard InChI is InChI=1S/C10H21NO/c1-8-3-4-10(7-8,5-6-12)9(2)11/h8-9,12H,3-7,11H2,1-2H3. The average Bonchev–Trinajstić information content (AvgIpc) is 2.34. The van der Waals surface area contributed by atoms with Gasteiger partial charge >= 0.3 is 0 Å². The summed E-state index contributed by atoms with van der Waals surface area (Å²) in [5.41, 5.74) is 6.21. The van der Waals surface area contributed by atoms with E-state index >= 15 is 0 Å². The SMILES string of the molecule is CC1CCC(CCO)(C(C)N)C1. The molecule has 1 aliphatic rings. The van der Waals surface area contributed by atoms with E-state index in [0.29, 0.717) is 0 Å². The maximum atomic E-state index is 8.97. The number of aliphatic hydroxyl groups excluding tert-OH is 1. The fourth-order valence-electron chi connectivity index (χ4n) is 2.52. The van der Waals surface area contributed by atoms with E-state index in [0.717, 1.165) is 12.3 Å². The minimum Gasteiger partial charge on any atom is -0.396 e. The minimum absolute atomic E-state index is 0.231. The molecule has 0 aromatic carbocycles. The van der Waals surface area contributed by atoms with Crippen LogP contribution >= 0.6 is 0 Å². The molecule has 3 unspecified atom stereocenters. The van der Waals surface area contributed by atoms with Crippen molar-refractivity contribution < 1.29 is 5.11 Å². The molecule has 0 aromatic heterocycles. The number of hydrogen-bond donors (Lipinski definition) is 2. The summed E-state index contributed by atoms with van der Waals surface area (Å²) in [5.74, 6) is 0.794. The fraction of sp³-hybridized carbons (Fsp3) is 1.00. The Morgan fingerprint density at radius 3 is 2.67 bits per heavy atom. The van der Waals surface area contributed by atoms with Crippen LogP contribution in [0.1, 0.15) is 39.5 Å². The molecule has 0 amide bonds. The first-order chi connectivity index (χ1) is 5.60. The Labute approximate surface area is 75.2 Å². The van der Waals surface area contributed by atoms with Crippen molar-refractivity contribution in [1.29, 1.82) is 0 Å². The van der Waals surface area contributed by atoms with E-state index in [-0.39, 0.29) is 18.1 Å². The maximum Gasteiger partial charge on any atom is 0.0436 e. The van der Waals surface area contributed by atoms with E-state index in [1.54, 1.807) is 0 Å². The van der Waals surface area contributed by atoms with Crippen LogP contribution in [0.15, 0.2) is 0 Å². The Hall–Kier alpha value is -0.0800. The molecule has 12 heavy (non-hydrogen) atoms. The van der Waals surface area contributed by atoms with Gasteiger partial charge in [0.15, 0.2) is 0 Å². The molecule has 0 saturated heterocycles. The second kappa shape index (κ2) is 3.75. The third kappa shape index (κ3) is 1.80. The molecule has 0 spiro atoms. The molecule has 0 radical (unpaired) electrons. The summed E-state index contributed by atoms with van der Waals surface area (Å²) < 4.78 is 0. The molecular weight excluding hydrogens is 150 g/mol. The monoisotopic (exact) mass is 171 g/mol. The first-order valence-corrected chi connectivity index (χ1v) is 4.97. The van der Waals surface area contributed by atoms with Gasteiger partial charge in [0.2, 0.25) is 0 Å². The van der Waals surface area contributed by atoms with Gasteiger partial charge in [0.05, 0.1) is 0 Å². The molecular formula is C10H21NO. The lowest BCUT2D eigenvalue weighted by atomic mass is 9.76. The zero-order chi connectivity index (χ0) is 9.19. The predicted molar refractivity (Wildman–Crippen MR) is 50.8 cm³/mol. The number of aliphatic hydroxyl groups is 1. The van der Waals surface area contributed by atoms with Gasteiger partial charge in [-0.25, -0.2) is 0 Å². The van der Waals surface area contributed by atoms with Crippen LogP contribution in [-0.2, 0) is 0 Å². The zero-order valence-corrected chi connectivity index (χ0v) is 8.21. The summed E-state index contributed by atoms with van der Waals surface area (Å²) in [6.45, 7) is 4.64. The van der Waals surface area contributed by atoms with E-state index in [2.05, 4.69) is 13.8 Å². The van der Waals surface area contributed by atoms with Gasteiger partial charge < -0.3 is 10.8 Å². The fourth-order valence-corrected chi connectivity index (χ4v) is 2.52. The highest BCUT2D eigenvalue weighted by Crippen LogP contribution is 2.45. The normalized spacial score (nSPS) is 38.5. The molecule has 1 fully saturated rings. The van der Waals surface area contributed by atoms with E-state index in [1.165, 1.54) is 19.3 Å². The lowest BCUT2D eigenvalue weighted by Gasteiger charge is -2.32. The van der Waals surface area contributed by atoms with Crippen LogP contribution in [0.3, 0.4) is 0 Å². The molecule has 2 heteroatoms. The summed E-state index contributed by atoms with van der Waals surface area (Å²) >= 11 is 0. The topological polar surface area (TPSA) is 46.2 Å². The van der Waals surface area contributed by atoms with Crippen molar-refractivity contribution in [1.82, 2.24) is 0 Å². The summed E-state index contributed by atoms with van der Waals surface area (Å²) in [6.07, 6.45) is 4.56. The zero-order valence-electron chi connectivity index (χ0n) is 8.21. The second-order valence-electron chi connectivity index (χ2n) is 4.47. The molecule has 72 valence electrons. The van der Waals surface area contributed by atoms with Gasteiger partial charge in [-0.15, -0.1) is 0 Å². The van der Waals surface area contributed by atoms with E-state index in [9.17, 15) is 0 Å². The van der Waals surface area contributed by atoms with Crippen molar-refractivity contribution in [3.63, 3.8) is 0 Å². The van der Waals surface area contributed by atoms with Crippen molar-refractivity contribution in [3.8, 4) is 0 Å².